The van der Waals surface area contributed by atoms with Crippen molar-refractivity contribution in [3.8, 4) is 11.4 Å². The van der Waals surface area contributed by atoms with Crippen LogP contribution in [0.4, 0.5) is 0 Å². The van der Waals surface area contributed by atoms with Crippen LogP contribution in [0.25, 0.3) is 5.69 Å². The number of piperidine rings is 1. The van der Waals surface area contributed by atoms with Crippen molar-refractivity contribution in [1.82, 2.24) is 14.5 Å². The summed E-state index contributed by atoms with van der Waals surface area (Å²) in [5.41, 5.74) is 1.01. The Morgan fingerprint density at radius 3 is 2.84 bits per heavy atom. The van der Waals surface area contributed by atoms with E-state index in [0.717, 1.165) is 42.4 Å². The van der Waals surface area contributed by atoms with E-state index >= 15 is 0 Å². The van der Waals surface area contributed by atoms with Crippen molar-refractivity contribution in [2.45, 2.75) is 43.8 Å². The third-order valence-electron chi connectivity index (χ3n) is 4.70. The van der Waals surface area contributed by atoms with E-state index in [0.29, 0.717) is 11.8 Å². The highest BCUT2D eigenvalue weighted by molar-refractivity contribution is 7.99. The Labute approximate surface area is 153 Å². The molecule has 5 nitrogen and oxygen atoms in total. The van der Waals surface area contributed by atoms with Gasteiger partial charge in [-0.3, -0.25) is 9.36 Å². The van der Waals surface area contributed by atoms with Crippen LogP contribution in [0.5, 0.6) is 5.75 Å². The summed E-state index contributed by atoms with van der Waals surface area (Å²) in [6.07, 6.45) is 8.21. The van der Waals surface area contributed by atoms with Crippen LogP contribution in [-0.4, -0.2) is 45.8 Å². The SMILES string of the molecule is CCC1CCCCN1C(=O)CSc1nccn1-c1ccc(OC)cc1. The van der Waals surface area contributed by atoms with Crippen LogP contribution in [0.15, 0.2) is 41.8 Å². The molecular formula is C19H25N3O2S. The fourth-order valence-corrected chi connectivity index (χ4v) is 4.16. The summed E-state index contributed by atoms with van der Waals surface area (Å²) in [5.74, 6) is 1.48. The molecule has 1 aliphatic rings. The fraction of sp³-hybridized carbons (Fsp3) is 0.474. The zero-order chi connectivity index (χ0) is 17.6. The average Bonchev–Trinajstić information content (AvgIpc) is 3.14. The molecule has 0 aliphatic carbocycles. The van der Waals surface area contributed by atoms with Gasteiger partial charge in [-0.1, -0.05) is 18.7 Å². The first-order chi connectivity index (χ1) is 12.2. The number of carbonyl (C=O) groups excluding carboxylic acids is 1. The van der Waals surface area contributed by atoms with Crippen LogP contribution < -0.4 is 4.74 Å². The quantitative estimate of drug-likeness (QED) is 0.737. The summed E-state index contributed by atoms with van der Waals surface area (Å²) in [6.45, 7) is 3.06. The first-order valence-corrected chi connectivity index (χ1v) is 9.81. The lowest BCUT2D eigenvalue weighted by Crippen LogP contribution is -2.44. The van der Waals surface area contributed by atoms with E-state index < -0.39 is 0 Å². The Balaban J connectivity index is 1.65. The van der Waals surface area contributed by atoms with Gasteiger partial charge in [-0.25, -0.2) is 4.98 Å². The summed E-state index contributed by atoms with van der Waals surface area (Å²) in [4.78, 5) is 19.1. The van der Waals surface area contributed by atoms with Crippen LogP contribution in [0, 0.1) is 0 Å². The highest BCUT2D eigenvalue weighted by Crippen LogP contribution is 2.25. The second-order valence-electron chi connectivity index (χ2n) is 6.21. The van der Waals surface area contributed by atoms with E-state index in [1.807, 2.05) is 35.0 Å². The Kier molecular flexibility index (Phi) is 6.02. The monoisotopic (exact) mass is 359 g/mol. The molecule has 6 heteroatoms. The molecule has 0 bridgehead atoms. The van der Waals surface area contributed by atoms with Gasteiger partial charge in [-0.05, 0) is 49.9 Å². The van der Waals surface area contributed by atoms with E-state index in [1.165, 1.54) is 18.2 Å². The van der Waals surface area contributed by atoms with E-state index in [-0.39, 0.29) is 5.91 Å². The summed E-state index contributed by atoms with van der Waals surface area (Å²) in [6, 6.07) is 8.24. The lowest BCUT2D eigenvalue weighted by Gasteiger charge is -2.35. The summed E-state index contributed by atoms with van der Waals surface area (Å²) in [5, 5.41) is 0.837. The molecule has 134 valence electrons. The lowest BCUT2D eigenvalue weighted by molar-refractivity contribution is -0.132. The number of imidazole rings is 1. The Morgan fingerprint density at radius 1 is 1.32 bits per heavy atom. The van der Waals surface area contributed by atoms with Crippen molar-refractivity contribution in [2.24, 2.45) is 0 Å². The van der Waals surface area contributed by atoms with Crippen molar-refractivity contribution in [2.75, 3.05) is 19.4 Å². The summed E-state index contributed by atoms with van der Waals surface area (Å²) < 4.78 is 7.21. The van der Waals surface area contributed by atoms with Crippen LogP contribution >= 0.6 is 11.8 Å². The van der Waals surface area contributed by atoms with Crippen molar-refractivity contribution < 1.29 is 9.53 Å². The van der Waals surface area contributed by atoms with Gasteiger partial charge in [0.15, 0.2) is 5.16 Å². The molecule has 0 saturated carbocycles. The number of hydrogen-bond acceptors (Lipinski definition) is 4. The number of carbonyl (C=O) groups is 1. The number of aromatic nitrogens is 2. The van der Waals surface area contributed by atoms with Crippen LogP contribution in [0.1, 0.15) is 32.6 Å². The molecule has 3 rings (SSSR count). The molecule has 1 aromatic heterocycles. The van der Waals surface area contributed by atoms with Crippen molar-refractivity contribution in [3.05, 3.63) is 36.7 Å². The van der Waals surface area contributed by atoms with Gasteiger partial charge in [-0.2, -0.15) is 0 Å². The van der Waals surface area contributed by atoms with E-state index in [4.69, 9.17) is 4.74 Å². The van der Waals surface area contributed by atoms with Gasteiger partial charge >= 0.3 is 0 Å². The first-order valence-electron chi connectivity index (χ1n) is 8.83. The van der Waals surface area contributed by atoms with Gasteiger partial charge in [0.1, 0.15) is 5.75 Å². The molecule has 1 atom stereocenters. The number of thioether (sulfide) groups is 1. The molecule has 2 aromatic rings. The predicted octanol–water partition coefficient (Wildman–Crippen LogP) is 3.76. The van der Waals surface area contributed by atoms with Gasteiger partial charge in [0.25, 0.3) is 0 Å². The largest absolute Gasteiger partial charge is 0.497 e. The number of ether oxygens (including phenoxy) is 1. The number of methoxy groups -OCH3 is 1. The van der Waals surface area contributed by atoms with Crippen LogP contribution in [0.3, 0.4) is 0 Å². The minimum absolute atomic E-state index is 0.223. The lowest BCUT2D eigenvalue weighted by atomic mass is 10.0. The number of nitrogens with zero attached hydrogens (tertiary/aromatic N) is 3. The van der Waals surface area contributed by atoms with Crippen molar-refractivity contribution in [1.29, 1.82) is 0 Å². The highest BCUT2D eigenvalue weighted by Gasteiger charge is 2.25. The number of amides is 1. The summed E-state index contributed by atoms with van der Waals surface area (Å²) in [7, 11) is 1.66. The maximum absolute atomic E-state index is 12.6. The highest BCUT2D eigenvalue weighted by atomic mass is 32.2. The minimum Gasteiger partial charge on any atom is -0.497 e. The molecule has 1 saturated heterocycles. The molecular weight excluding hydrogens is 334 g/mol. The van der Waals surface area contributed by atoms with Crippen molar-refractivity contribution in [3.63, 3.8) is 0 Å². The average molecular weight is 359 g/mol. The fourth-order valence-electron chi connectivity index (χ4n) is 3.30. The Hall–Kier alpha value is -1.95. The number of rotatable bonds is 6. The maximum atomic E-state index is 12.6. The number of benzene rings is 1. The zero-order valence-electron chi connectivity index (χ0n) is 14.9. The molecule has 1 aliphatic heterocycles. The van der Waals surface area contributed by atoms with E-state index in [9.17, 15) is 4.79 Å². The van der Waals surface area contributed by atoms with Gasteiger partial charge in [0.05, 0.1) is 12.9 Å². The topological polar surface area (TPSA) is 47.4 Å². The Morgan fingerprint density at radius 2 is 2.12 bits per heavy atom. The van der Waals surface area contributed by atoms with Gasteiger partial charge in [-0.15, -0.1) is 0 Å². The number of hydrogen-bond donors (Lipinski definition) is 0. The smallest absolute Gasteiger partial charge is 0.233 e. The minimum atomic E-state index is 0.223. The third-order valence-corrected chi connectivity index (χ3v) is 5.65. The molecule has 25 heavy (non-hydrogen) atoms. The number of likely N-dealkylation sites (tertiary alicyclic amines) is 1. The molecule has 0 radical (unpaired) electrons. The molecule has 1 fully saturated rings. The van der Waals surface area contributed by atoms with Crippen molar-refractivity contribution >= 4 is 17.7 Å². The molecule has 2 heterocycles. The van der Waals surface area contributed by atoms with Gasteiger partial charge in [0.2, 0.25) is 5.91 Å². The van der Waals surface area contributed by atoms with E-state index in [1.54, 1.807) is 13.3 Å². The molecule has 1 unspecified atom stereocenters. The first kappa shape index (κ1) is 17.9. The molecule has 1 aromatic carbocycles. The molecule has 0 N–H and O–H groups in total. The second kappa shape index (κ2) is 8.43. The van der Waals surface area contributed by atoms with Gasteiger partial charge < -0.3 is 9.64 Å². The maximum Gasteiger partial charge on any atom is 0.233 e. The van der Waals surface area contributed by atoms with Crippen LogP contribution in [-0.2, 0) is 4.79 Å². The van der Waals surface area contributed by atoms with E-state index in [2.05, 4.69) is 16.8 Å². The summed E-state index contributed by atoms with van der Waals surface area (Å²) >= 11 is 1.50. The molecule has 0 spiro atoms. The second-order valence-corrected chi connectivity index (χ2v) is 7.15. The zero-order valence-corrected chi connectivity index (χ0v) is 15.7. The normalized spacial score (nSPS) is 17.5. The Bertz CT molecular complexity index is 699. The van der Waals surface area contributed by atoms with Gasteiger partial charge in [0, 0.05) is 30.7 Å². The van der Waals surface area contributed by atoms with Crippen LogP contribution in [0.2, 0.25) is 0 Å². The predicted molar refractivity (Wildman–Crippen MR) is 100 cm³/mol. The molecule has 1 amide bonds. The standard InChI is InChI=1S/C19H25N3O2S/c1-3-15-6-4-5-12-21(15)18(23)14-25-19-20-11-13-22(19)16-7-9-17(24-2)10-8-16/h7-11,13,15H,3-6,12,14H2,1-2H3. The third kappa shape index (κ3) is 4.18.